The first kappa shape index (κ1) is 14.4. The lowest BCUT2D eigenvalue weighted by molar-refractivity contribution is 0.115. The number of nitrogens with one attached hydrogen (secondary N) is 1. The fourth-order valence-corrected chi connectivity index (χ4v) is 2.76. The summed E-state index contributed by atoms with van der Waals surface area (Å²) in [7, 11) is 2.02. The fraction of sp³-hybridized carbons (Fsp3) is 0.733. The predicted molar refractivity (Wildman–Crippen MR) is 76.2 cm³/mol. The molecule has 0 aromatic carbocycles. The summed E-state index contributed by atoms with van der Waals surface area (Å²) in [5.74, 6) is 1.57. The second-order valence-corrected chi connectivity index (χ2v) is 5.37. The van der Waals surface area contributed by atoms with Crippen LogP contribution in [0.2, 0.25) is 0 Å². The van der Waals surface area contributed by atoms with Crippen LogP contribution >= 0.6 is 0 Å². The maximum Gasteiger partial charge on any atom is 0.154 e. The van der Waals surface area contributed by atoms with Crippen molar-refractivity contribution < 1.29 is 4.74 Å². The number of rotatable bonds is 6. The number of fused-ring (bicyclic) bond motifs is 1. The van der Waals surface area contributed by atoms with Crippen molar-refractivity contribution in [2.24, 2.45) is 5.92 Å². The van der Waals surface area contributed by atoms with E-state index in [1.54, 1.807) is 0 Å². The average molecular weight is 263 g/mol. The third kappa shape index (κ3) is 3.74. The van der Waals surface area contributed by atoms with Crippen LogP contribution in [-0.4, -0.2) is 30.2 Å². The van der Waals surface area contributed by atoms with Crippen LogP contribution in [0.4, 0.5) is 0 Å². The molecule has 106 valence electrons. The zero-order valence-corrected chi connectivity index (χ0v) is 12.3. The van der Waals surface area contributed by atoms with Gasteiger partial charge in [0.1, 0.15) is 6.61 Å². The van der Waals surface area contributed by atoms with Crippen molar-refractivity contribution in [3.8, 4) is 0 Å². The lowest BCUT2D eigenvalue weighted by Crippen LogP contribution is -2.26. The topological polar surface area (TPSA) is 47.0 Å². The molecule has 1 heterocycles. The first-order valence-electron chi connectivity index (χ1n) is 7.32. The predicted octanol–water partition coefficient (Wildman–Crippen LogP) is 2.04. The molecule has 0 fully saturated rings. The Hall–Kier alpha value is -1.00. The summed E-state index contributed by atoms with van der Waals surface area (Å²) >= 11 is 0. The van der Waals surface area contributed by atoms with E-state index >= 15 is 0 Å². The third-order valence-corrected chi connectivity index (χ3v) is 3.70. The van der Waals surface area contributed by atoms with Gasteiger partial charge in [0, 0.05) is 18.0 Å². The normalized spacial score (nSPS) is 18.4. The molecule has 19 heavy (non-hydrogen) atoms. The van der Waals surface area contributed by atoms with Gasteiger partial charge in [-0.05, 0) is 57.7 Å². The van der Waals surface area contributed by atoms with Crippen LogP contribution in [0.25, 0.3) is 0 Å². The van der Waals surface area contributed by atoms with Gasteiger partial charge in [-0.15, -0.1) is 0 Å². The largest absolute Gasteiger partial charge is 0.373 e. The van der Waals surface area contributed by atoms with Gasteiger partial charge < -0.3 is 10.1 Å². The molecule has 1 aliphatic rings. The second-order valence-electron chi connectivity index (χ2n) is 5.37. The minimum atomic E-state index is 0.544. The molecule has 1 aliphatic carbocycles. The van der Waals surface area contributed by atoms with Gasteiger partial charge in [0.25, 0.3) is 0 Å². The quantitative estimate of drug-likeness (QED) is 0.798. The minimum Gasteiger partial charge on any atom is -0.373 e. The summed E-state index contributed by atoms with van der Waals surface area (Å²) < 4.78 is 5.54. The van der Waals surface area contributed by atoms with Gasteiger partial charge in [-0.1, -0.05) is 6.92 Å². The van der Waals surface area contributed by atoms with E-state index in [-0.39, 0.29) is 0 Å². The summed E-state index contributed by atoms with van der Waals surface area (Å²) in [6.07, 6.45) is 4.44. The molecular formula is C15H25N3O. The lowest BCUT2D eigenvalue weighted by atomic mass is 9.86. The van der Waals surface area contributed by atoms with E-state index in [1.807, 2.05) is 7.05 Å². The molecule has 1 N–H and O–H groups in total. The minimum absolute atomic E-state index is 0.544. The SMILES string of the molecule is CCCOCc1nc(C)c2c(n1)CCC(CNC)C2. The molecule has 0 saturated heterocycles. The first-order valence-corrected chi connectivity index (χ1v) is 7.32. The molecule has 1 aromatic heterocycles. The monoisotopic (exact) mass is 263 g/mol. The summed E-state index contributed by atoms with van der Waals surface area (Å²) in [6.45, 7) is 6.62. The van der Waals surface area contributed by atoms with Crippen LogP contribution in [0.15, 0.2) is 0 Å². The molecule has 0 radical (unpaired) electrons. The molecule has 0 amide bonds. The lowest BCUT2D eigenvalue weighted by Gasteiger charge is -2.25. The van der Waals surface area contributed by atoms with E-state index in [0.717, 1.165) is 49.9 Å². The van der Waals surface area contributed by atoms with E-state index in [0.29, 0.717) is 6.61 Å². The highest BCUT2D eigenvalue weighted by atomic mass is 16.5. The highest BCUT2D eigenvalue weighted by molar-refractivity contribution is 5.28. The van der Waals surface area contributed by atoms with Gasteiger partial charge in [0.2, 0.25) is 0 Å². The number of hydrogen-bond donors (Lipinski definition) is 1. The van der Waals surface area contributed by atoms with Crippen LogP contribution in [0.1, 0.15) is 42.5 Å². The second kappa shape index (κ2) is 6.96. The third-order valence-electron chi connectivity index (χ3n) is 3.70. The van der Waals surface area contributed by atoms with E-state index < -0.39 is 0 Å². The van der Waals surface area contributed by atoms with Crippen LogP contribution in [0.5, 0.6) is 0 Å². The molecule has 4 nitrogen and oxygen atoms in total. The fourth-order valence-electron chi connectivity index (χ4n) is 2.76. The van der Waals surface area contributed by atoms with Crippen molar-refractivity contribution in [1.82, 2.24) is 15.3 Å². The molecule has 4 heteroatoms. The van der Waals surface area contributed by atoms with Crippen LogP contribution in [0.3, 0.4) is 0 Å². The van der Waals surface area contributed by atoms with E-state index in [2.05, 4.69) is 29.1 Å². The van der Waals surface area contributed by atoms with Crippen molar-refractivity contribution in [3.63, 3.8) is 0 Å². The van der Waals surface area contributed by atoms with Crippen molar-refractivity contribution in [2.45, 2.75) is 46.1 Å². The van der Waals surface area contributed by atoms with Gasteiger partial charge >= 0.3 is 0 Å². The van der Waals surface area contributed by atoms with Crippen molar-refractivity contribution in [3.05, 3.63) is 22.8 Å². The molecule has 1 unspecified atom stereocenters. The van der Waals surface area contributed by atoms with Crippen LogP contribution in [-0.2, 0) is 24.2 Å². The number of hydrogen-bond acceptors (Lipinski definition) is 4. The maximum absolute atomic E-state index is 5.54. The van der Waals surface area contributed by atoms with Gasteiger partial charge in [0.15, 0.2) is 5.82 Å². The smallest absolute Gasteiger partial charge is 0.154 e. The molecular weight excluding hydrogens is 238 g/mol. The number of nitrogens with zero attached hydrogens (tertiary/aromatic N) is 2. The molecule has 0 aliphatic heterocycles. The zero-order chi connectivity index (χ0) is 13.7. The molecule has 0 bridgehead atoms. The Morgan fingerprint density at radius 1 is 1.37 bits per heavy atom. The van der Waals surface area contributed by atoms with Crippen molar-refractivity contribution >= 4 is 0 Å². The van der Waals surface area contributed by atoms with Gasteiger partial charge in [-0.25, -0.2) is 9.97 Å². The van der Waals surface area contributed by atoms with Crippen LogP contribution in [0, 0.1) is 12.8 Å². The Morgan fingerprint density at radius 3 is 2.95 bits per heavy atom. The summed E-state index contributed by atoms with van der Waals surface area (Å²) in [6, 6.07) is 0. The molecule has 0 spiro atoms. The number of aromatic nitrogens is 2. The maximum atomic E-state index is 5.54. The van der Waals surface area contributed by atoms with Gasteiger partial charge in [0.05, 0.1) is 0 Å². The van der Waals surface area contributed by atoms with E-state index in [1.165, 1.54) is 17.7 Å². The van der Waals surface area contributed by atoms with Crippen molar-refractivity contribution in [1.29, 1.82) is 0 Å². The Morgan fingerprint density at radius 2 is 2.21 bits per heavy atom. The molecule has 1 aromatic rings. The van der Waals surface area contributed by atoms with E-state index in [9.17, 15) is 0 Å². The standard InChI is InChI=1S/C15H25N3O/c1-4-7-19-10-15-17-11(2)13-8-12(9-16-3)5-6-14(13)18-15/h12,16H,4-10H2,1-3H3. The highest BCUT2D eigenvalue weighted by Gasteiger charge is 2.22. The average Bonchev–Trinajstić information content (AvgIpc) is 2.40. The first-order chi connectivity index (χ1) is 9.24. The molecule has 2 rings (SSSR count). The summed E-state index contributed by atoms with van der Waals surface area (Å²) in [5.41, 5.74) is 3.75. The zero-order valence-electron chi connectivity index (χ0n) is 12.3. The summed E-state index contributed by atoms with van der Waals surface area (Å²) in [5, 5.41) is 3.27. The summed E-state index contributed by atoms with van der Waals surface area (Å²) in [4.78, 5) is 9.28. The van der Waals surface area contributed by atoms with Gasteiger partial charge in [-0.3, -0.25) is 0 Å². The molecule has 1 atom stereocenters. The Balaban J connectivity index is 2.08. The van der Waals surface area contributed by atoms with Gasteiger partial charge in [-0.2, -0.15) is 0 Å². The number of aryl methyl sites for hydroxylation is 2. The molecule has 0 saturated carbocycles. The Bertz CT molecular complexity index is 420. The number of ether oxygens (including phenoxy) is 1. The van der Waals surface area contributed by atoms with Crippen LogP contribution < -0.4 is 5.32 Å². The Kier molecular flexibility index (Phi) is 5.28. The van der Waals surface area contributed by atoms with Crippen molar-refractivity contribution in [2.75, 3.05) is 20.2 Å². The van der Waals surface area contributed by atoms with E-state index in [4.69, 9.17) is 4.74 Å². The Labute approximate surface area is 116 Å². The highest BCUT2D eigenvalue weighted by Crippen LogP contribution is 2.25.